The molecule has 1 saturated carbocycles. The molecule has 0 bridgehead atoms. The highest BCUT2D eigenvalue weighted by molar-refractivity contribution is 5.83. The number of ether oxygens (including phenoxy) is 1. The van der Waals surface area contributed by atoms with Gasteiger partial charge in [0.05, 0.1) is 13.0 Å². The largest absolute Gasteiger partial charge is 0.497 e. The molecule has 0 radical (unpaired) electrons. The SMILES string of the molecule is COc1ccc([C@H](C[N+](=O)[O-])[C@@H]2C[C@@H](c3ccccc3)CCC2=O)cc1. The number of nitro groups is 1. The van der Waals surface area contributed by atoms with E-state index < -0.39 is 5.92 Å². The Morgan fingerprint density at radius 2 is 1.85 bits per heavy atom. The fourth-order valence-electron chi connectivity index (χ4n) is 3.95. The maximum absolute atomic E-state index is 12.6. The van der Waals surface area contributed by atoms with Gasteiger partial charge in [-0.1, -0.05) is 42.5 Å². The van der Waals surface area contributed by atoms with Gasteiger partial charge in [0.25, 0.3) is 0 Å². The summed E-state index contributed by atoms with van der Waals surface area (Å²) >= 11 is 0. The smallest absolute Gasteiger partial charge is 0.211 e. The number of hydrogen-bond donors (Lipinski definition) is 0. The summed E-state index contributed by atoms with van der Waals surface area (Å²) < 4.78 is 5.17. The van der Waals surface area contributed by atoms with Crippen LogP contribution in [0, 0.1) is 16.0 Å². The number of benzene rings is 2. The van der Waals surface area contributed by atoms with Crippen LogP contribution in [0.1, 0.15) is 42.2 Å². The lowest BCUT2D eigenvalue weighted by atomic mass is 9.70. The van der Waals surface area contributed by atoms with E-state index in [9.17, 15) is 14.9 Å². The van der Waals surface area contributed by atoms with E-state index in [1.807, 2.05) is 30.3 Å². The Kier molecular flexibility index (Phi) is 5.66. The summed E-state index contributed by atoms with van der Waals surface area (Å²) in [6.07, 6.45) is 1.95. The summed E-state index contributed by atoms with van der Waals surface area (Å²) in [4.78, 5) is 23.6. The Labute approximate surface area is 153 Å². The van der Waals surface area contributed by atoms with E-state index in [2.05, 4.69) is 12.1 Å². The van der Waals surface area contributed by atoms with Crippen molar-refractivity contribution in [1.82, 2.24) is 0 Å². The molecule has 3 atom stereocenters. The lowest BCUT2D eigenvalue weighted by Gasteiger charge is -2.32. The molecule has 0 unspecified atom stereocenters. The van der Waals surface area contributed by atoms with Crippen molar-refractivity contribution in [2.45, 2.75) is 31.1 Å². The minimum atomic E-state index is -0.407. The third kappa shape index (κ3) is 4.10. The molecule has 1 fully saturated rings. The van der Waals surface area contributed by atoms with E-state index in [1.165, 1.54) is 5.56 Å². The van der Waals surface area contributed by atoms with Gasteiger partial charge in [0.15, 0.2) is 0 Å². The minimum absolute atomic E-state index is 0.139. The summed E-state index contributed by atoms with van der Waals surface area (Å²) in [6.45, 7) is -0.232. The summed E-state index contributed by atoms with van der Waals surface area (Å²) in [7, 11) is 1.58. The molecule has 0 spiro atoms. The quantitative estimate of drug-likeness (QED) is 0.576. The number of carbonyl (C=O) groups is 1. The molecule has 26 heavy (non-hydrogen) atoms. The lowest BCUT2D eigenvalue weighted by Crippen LogP contribution is -2.32. The molecule has 0 heterocycles. The Morgan fingerprint density at radius 3 is 2.46 bits per heavy atom. The maximum Gasteiger partial charge on any atom is 0.211 e. The highest BCUT2D eigenvalue weighted by Gasteiger charge is 2.38. The molecule has 5 heteroatoms. The number of ketones is 1. The Morgan fingerprint density at radius 1 is 1.15 bits per heavy atom. The predicted octanol–water partition coefficient (Wildman–Crippen LogP) is 4.21. The van der Waals surface area contributed by atoms with Crippen molar-refractivity contribution in [2.24, 2.45) is 5.92 Å². The number of rotatable bonds is 6. The highest BCUT2D eigenvalue weighted by atomic mass is 16.6. The number of nitrogens with zero attached hydrogens (tertiary/aromatic N) is 1. The van der Waals surface area contributed by atoms with Gasteiger partial charge in [0.2, 0.25) is 6.54 Å². The van der Waals surface area contributed by atoms with Gasteiger partial charge in [-0.05, 0) is 42.0 Å². The second-order valence-electron chi connectivity index (χ2n) is 6.85. The Hall–Kier alpha value is -2.69. The molecule has 0 aromatic heterocycles. The van der Waals surface area contributed by atoms with Crippen LogP contribution in [0.15, 0.2) is 54.6 Å². The zero-order chi connectivity index (χ0) is 18.5. The van der Waals surface area contributed by atoms with Gasteiger partial charge in [-0.2, -0.15) is 0 Å². The van der Waals surface area contributed by atoms with Crippen molar-refractivity contribution in [3.8, 4) is 5.75 Å². The molecule has 2 aromatic carbocycles. The average Bonchev–Trinajstić information content (AvgIpc) is 2.67. The maximum atomic E-state index is 12.6. The molecule has 0 saturated heterocycles. The molecule has 0 N–H and O–H groups in total. The van der Waals surface area contributed by atoms with E-state index in [0.717, 1.165) is 12.0 Å². The molecule has 0 amide bonds. The van der Waals surface area contributed by atoms with E-state index in [0.29, 0.717) is 18.6 Å². The number of Topliss-reactive ketones (excluding diaryl/α,β-unsaturated/α-hetero) is 1. The van der Waals surface area contributed by atoms with Gasteiger partial charge in [-0.3, -0.25) is 14.9 Å². The Bertz CT molecular complexity index is 757. The van der Waals surface area contributed by atoms with Crippen LogP contribution in [-0.2, 0) is 4.79 Å². The molecule has 1 aliphatic rings. The van der Waals surface area contributed by atoms with Crippen LogP contribution >= 0.6 is 0 Å². The van der Waals surface area contributed by atoms with Crippen LogP contribution in [0.3, 0.4) is 0 Å². The van der Waals surface area contributed by atoms with Crippen molar-refractivity contribution in [3.05, 3.63) is 75.8 Å². The first-order valence-electron chi connectivity index (χ1n) is 8.92. The van der Waals surface area contributed by atoms with Gasteiger partial charge in [0, 0.05) is 17.3 Å². The summed E-state index contributed by atoms with van der Waals surface area (Å²) in [5.41, 5.74) is 2.04. The van der Waals surface area contributed by atoms with E-state index in [-0.39, 0.29) is 29.1 Å². The fraction of sp³-hybridized carbons (Fsp3) is 0.381. The van der Waals surface area contributed by atoms with Gasteiger partial charge >= 0.3 is 0 Å². The zero-order valence-electron chi connectivity index (χ0n) is 14.8. The van der Waals surface area contributed by atoms with Gasteiger partial charge in [-0.15, -0.1) is 0 Å². The van der Waals surface area contributed by atoms with Crippen molar-refractivity contribution in [1.29, 1.82) is 0 Å². The topological polar surface area (TPSA) is 69.4 Å². The molecule has 136 valence electrons. The van der Waals surface area contributed by atoms with Crippen molar-refractivity contribution < 1.29 is 14.5 Å². The second-order valence-corrected chi connectivity index (χ2v) is 6.85. The Balaban J connectivity index is 1.88. The van der Waals surface area contributed by atoms with Crippen LogP contribution in [0.25, 0.3) is 0 Å². The van der Waals surface area contributed by atoms with E-state index in [4.69, 9.17) is 4.74 Å². The van der Waals surface area contributed by atoms with Gasteiger partial charge in [-0.25, -0.2) is 0 Å². The fourth-order valence-corrected chi connectivity index (χ4v) is 3.95. The zero-order valence-corrected chi connectivity index (χ0v) is 14.8. The monoisotopic (exact) mass is 353 g/mol. The molecular weight excluding hydrogens is 330 g/mol. The molecule has 5 nitrogen and oxygen atoms in total. The first kappa shape index (κ1) is 18.1. The normalized spacial score (nSPS) is 21.2. The van der Waals surface area contributed by atoms with Crippen molar-refractivity contribution in [3.63, 3.8) is 0 Å². The minimum Gasteiger partial charge on any atom is -0.497 e. The second kappa shape index (κ2) is 8.13. The standard InChI is InChI=1S/C21H23NO4/c1-26-18-10-7-16(8-11-18)20(14-22(24)25)19-13-17(9-12-21(19)23)15-5-3-2-4-6-15/h2-8,10-11,17,19-20H,9,12-14H2,1H3/t17-,19-,20-/m0/s1. The van der Waals surface area contributed by atoms with Crippen molar-refractivity contribution >= 4 is 5.78 Å². The van der Waals surface area contributed by atoms with Crippen LogP contribution in [-0.4, -0.2) is 24.4 Å². The van der Waals surface area contributed by atoms with Crippen LogP contribution in [0.5, 0.6) is 5.75 Å². The summed E-state index contributed by atoms with van der Waals surface area (Å²) in [5.74, 6) is 0.375. The first-order valence-corrected chi connectivity index (χ1v) is 8.92. The number of methoxy groups -OCH3 is 1. The predicted molar refractivity (Wildman–Crippen MR) is 99.1 cm³/mol. The van der Waals surface area contributed by atoms with Crippen molar-refractivity contribution in [2.75, 3.05) is 13.7 Å². The van der Waals surface area contributed by atoms with Crippen LogP contribution < -0.4 is 4.74 Å². The van der Waals surface area contributed by atoms with E-state index >= 15 is 0 Å². The average molecular weight is 353 g/mol. The van der Waals surface area contributed by atoms with Crippen LogP contribution in [0.4, 0.5) is 0 Å². The first-order chi connectivity index (χ1) is 12.6. The molecule has 3 rings (SSSR count). The third-order valence-corrected chi connectivity index (χ3v) is 5.34. The highest BCUT2D eigenvalue weighted by Crippen LogP contribution is 2.41. The third-order valence-electron chi connectivity index (χ3n) is 5.34. The molecule has 1 aliphatic carbocycles. The van der Waals surface area contributed by atoms with Crippen LogP contribution in [0.2, 0.25) is 0 Å². The molecule has 2 aromatic rings. The summed E-state index contributed by atoms with van der Waals surface area (Å²) in [6, 6.07) is 17.4. The van der Waals surface area contributed by atoms with Gasteiger partial charge in [0.1, 0.15) is 11.5 Å². The summed E-state index contributed by atoms with van der Waals surface area (Å²) in [5, 5.41) is 11.3. The number of hydrogen-bond acceptors (Lipinski definition) is 4. The number of carbonyl (C=O) groups excluding carboxylic acids is 1. The van der Waals surface area contributed by atoms with Gasteiger partial charge < -0.3 is 4.74 Å². The lowest BCUT2D eigenvalue weighted by molar-refractivity contribution is -0.484. The molecular formula is C21H23NO4. The molecule has 0 aliphatic heterocycles. The van der Waals surface area contributed by atoms with E-state index in [1.54, 1.807) is 19.2 Å².